The molecule has 8 heteroatoms. The summed E-state index contributed by atoms with van der Waals surface area (Å²) in [5, 5.41) is 9.52. The first-order valence-corrected chi connectivity index (χ1v) is 12.1. The van der Waals surface area contributed by atoms with E-state index in [9.17, 15) is 13.2 Å². The number of rotatable bonds is 6. The van der Waals surface area contributed by atoms with Gasteiger partial charge in [-0.2, -0.15) is 11.3 Å². The molecule has 1 aliphatic rings. The van der Waals surface area contributed by atoms with Crippen LogP contribution < -0.4 is 10.6 Å². The number of carbonyl (C=O) groups is 1. The summed E-state index contributed by atoms with van der Waals surface area (Å²) in [6.07, 6.45) is 0. The smallest absolute Gasteiger partial charge is 0.323 e. The number of urea groups is 1. The highest BCUT2D eigenvalue weighted by atomic mass is 32.2. The summed E-state index contributed by atoms with van der Waals surface area (Å²) in [5.41, 5.74) is 3.83. The van der Waals surface area contributed by atoms with E-state index >= 15 is 0 Å². The highest BCUT2D eigenvalue weighted by Gasteiger charge is 2.27. The van der Waals surface area contributed by atoms with Gasteiger partial charge in [0.15, 0.2) is 9.84 Å². The van der Waals surface area contributed by atoms with Gasteiger partial charge in [-0.1, -0.05) is 18.2 Å². The first-order valence-electron chi connectivity index (χ1n) is 9.52. The Kier molecular flexibility index (Phi) is 5.90. The molecule has 30 heavy (non-hydrogen) atoms. The molecule has 0 spiro atoms. The van der Waals surface area contributed by atoms with E-state index in [-0.39, 0.29) is 16.6 Å². The monoisotopic (exact) mass is 442 g/mol. The Labute approximate surface area is 179 Å². The number of thiophene rings is 1. The number of sulfone groups is 1. The fourth-order valence-electron chi connectivity index (χ4n) is 3.28. The van der Waals surface area contributed by atoms with Crippen LogP contribution in [0.15, 0.2) is 64.2 Å². The first-order chi connectivity index (χ1) is 14.4. The van der Waals surface area contributed by atoms with Crippen molar-refractivity contribution in [3.63, 3.8) is 0 Å². The van der Waals surface area contributed by atoms with Crippen molar-refractivity contribution in [2.45, 2.75) is 11.8 Å². The number of amides is 2. The number of nitrogens with one attached hydrogen (secondary N) is 2. The van der Waals surface area contributed by atoms with Gasteiger partial charge in [0.2, 0.25) is 0 Å². The Morgan fingerprint density at radius 2 is 1.97 bits per heavy atom. The minimum Gasteiger partial charge on any atom is -0.381 e. The summed E-state index contributed by atoms with van der Waals surface area (Å²) >= 11 is 1.53. The maximum atomic E-state index is 12.8. The average molecular weight is 443 g/mol. The molecule has 4 rings (SSSR count). The number of benzene rings is 2. The minimum atomic E-state index is -3.48. The van der Waals surface area contributed by atoms with Crippen LogP contribution in [0.2, 0.25) is 0 Å². The molecule has 0 radical (unpaired) electrons. The van der Waals surface area contributed by atoms with Crippen LogP contribution in [-0.2, 0) is 14.6 Å². The van der Waals surface area contributed by atoms with Crippen LogP contribution in [0.1, 0.15) is 5.56 Å². The molecule has 2 N–H and O–H groups in total. The second-order valence-electron chi connectivity index (χ2n) is 7.35. The Morgan fingerprint density at radius 1 is 1.13 bits per heavy atom. The fraction of sp³-hybridized carbons (Fsp3) is 0.227. The fourth-order valence-corrected chi connectivity index (χ4v) is 5.52. The van der Waals surface area contributed by atoms with Crippen molar-refractivity contribution in [1.82, 2.24) is 0 Å². The predicted molar refractivity (Wildman–Crippen MR) is 120 cm³/mol. The largest absolute Gasteiger partial charge is 0.381 e. The van der Waals surface area contributed by atoms with E-state index in [1.165, 1.54) is 17.4 Å². The maximum Gasteiger partial charge on any atom is 0.323 e. The summed E-state index contributed by atoms with van der Waals surface area (Å²) in [7, 11) is -3.48. The van der Waals surface area contributed by atoms with Gasteiger partial charge in [-0.05, 0) is 59.1 Å². The van der Waals surface area contributed by atoms with Crippen molar-refractivity contribution in [2.24, 2.45) is 5.92 Å². The normalized spacial score (nSPS) is 14.2. The molecular formula is C22H22N2O4S2. The second kappa shape index (κ2) is 8.59. The Morgan fingerprint density at radius 3 is 2.63 bits per heavy atom. The second-order valence-corrected chi connectivity index (χ2v) is 10.2. The van der Waals surface area contributed by atoms with Crippen molar-refractivity contribution < 1.29 is 17.9 Å². The van der Waals surface area contributed by atoms with E-state index in [0.717, 1.165) is 16.7 Å². The van der Waals surface area contributed by atoms with Crippen LogP contribution in [0.4, 0.5) is 16.2 Å². The molecule has 0 atom stereocenters. The Bertz CT molecular complexity index is 1150. The van der Waals surface area contributed by atoms with Gasteiger partial charge in [-0.3, -0.25) is 0 Å². The summed E-state index contributed by atoms with van der Waals surface area (Å²) in [6.45, 7) is 2.88. The van der Waals surface area contributed by atoms with Crippen molar-refractivity contribution in [3.8, 4) is 11.1 Å². The summed E-state index contributed by atoms with van der Waals surface area (Å²) in [4.78, 5) is 12.8. The van der Waals surface area contributed by atoms with Gasteiger partial charge in [0.1, 0.15) is 0 Å². The van der Waals surface area contributed by atoms with Gasteiger partial charge in [0.05, 0.1) is 29.5 Å². The molecule has 3 aromatic rings. The molecule has 2 aromatic carbocycles. The van der Waals surface area contributed by atoms with Gasteiger partial charge in [0.25, 0.3) is 0 Å². The number of aryl methyl sites for hydroxylation is 1. The predicted octanol–water partition coefficient (Wildman–Crippen LogP) is 4.79. The summed E-state index contributed by atoms with van der Waals surface area (Å²) in [6, 6.07) is 13.9. The maximum absolute atomic E-state index is 12.8. The van der Waals surface area contributed by atoms with E-state index in [4.69, 9.17) is 4.74 Å². The quantitative estimate of drug-likeness (QED) is 0.575. The van der Waals surface area contributed by atoms with E-state index in [2.05, 4.69) is 10.6 Å². The molecule has 6 nitrogen and oxygen atoms in total. The third kappa shape index (κ3) is 4.72. The first kappa shape index (κ1) is 20.6. The molecule has 0 aliphatic carbocycles. The zero-order valence-electron chi connectivity index (χ0n) is 16.4. The molecule has 2 heterocycles. The molecule has 0 saturated carbocycles. The molecule has 0 unspecified atom stereocenters. The summed E-state index contributed by atoms with van der Waals surface area (Å²) < 4.78 is 30.7. The van der Waals surface area contributed by atoms with Crippen LogP contribution in [0.5, 0.6) is 0 Å². The van der Waals surface area contributed by atoms with Gasteiger partial charge in [0, 0.05) is 17.2 Å². The number of ether oxygens (including phenoxy) is 1. The van der Waals surface area contributed by atoms with Crippen molar-refractivity contribution in [2.75, 3.05) is 29.6 Å². The molecule has 1 saturated heterocycles. The lowest BCUT2D eigenvalue weighted by Gasteiger charge is -2.25. The molecular weight excluding hydrogens is 420 g/mol. The lowest BCUT2D eigenvalue weighted by molar-refractivity contribution is -0.0204. The minimum absolute atomic E-state index is 0.0209. The Balaban J connectivity index is 1.62. The van der Waals surface area contributed by atoms with E-state index in [1.807, 2.05) is 41.9 Å². The van der Waals surface area contributed by atoms with Gasteiger partial charge >= 0.3 is 6.03 Å². The lowest BCUT2D eigenvalue weighted by atomic mass is 10.1. The molecule has 0 bridgehead atoms. The number of hydrogen-bond donors (Lipinski definition) is 2. The van der Waals surface area contributed by atoms with Crippen LogP contribution in [-0.4, -0.2) is 33.4 Å². The number of carbonyl (C=O) groups excluding carboxylic acids is 1. The third-order valence-electron chi connectivity index (χ3n) is 4.87. The highest BCUT2D eigenvalue weighted by molar-refractivity contribution is 7.91. The van der Waals surface area contributed by atoms with Gasteiger partial charge < -0.3 is 15.4 Å². The molecule has 1 fully saturated rings. The molecule has 2 amide bonds. The zero-order chi connectivity index (χ0) is 21.1. The summed E-state index contributed by atoms with van der Waals surface area (Å²) in [5.74, 6) is 0.0623. The SMILES string of the molecule is Cc1cccc(NC(=O)Nc2cc(S(=O)(=O)CC3COC3)ccc2-c2ccsc2)c1. The van der Waals surface area contributed by atoms with Gasteiger partial charge in [-0.25, -0.2) is 13.2 Å². The van der Waals surface area contributed by atoms with Crippen LogP contribution in [0.25, 0.3) is 11.1 Å². The van der Waals surface area contributed by atoms with Crippen molar-refractivity contribution in [3.05, 3.63) is 64.9 Å². The molecule has 1 aliphatic heterocycles. The van der Waals surface area contributed by atoms with Crippen LogP contribution >= 0.6 is 11.3 Å². The number of anilines is 2. The zero-order valence-corrected chi connectivity index (χ0v) is 18.1. The molecule has 1 aromatic heterocycles. The van der Waals surface area contributed by atoms with E-state index in [1.54, 1.807) is 18.2 Å². The molecule has 156 valence electrons. The Hall–Kier alpha value is -2.68. The van der Waals surface area contributed by atoms with E-state index in [0.29, 0.717) is 24.6 Å². The topological polar surface area (TPSA) is 84.5 Å². The van der Waals surface area contributed by atoms with E-state index < -0.39 is 15.9 Å². The number of hydrogen-bond acceptors (Lipinski definition) is 5. The van der Waals surface area contributed by atoms with Crippen molar-refractivity contribution in [1.29, 1.82) is 0 Å². The highest BCUT2D eigenvalue weighted by Crippen LogP contribution is 2.33. The van der Waals surface area contributed by atoms with Gasteiger partial charge in [-0.15, -0.1) is 0 Å². The third-order valence-corrected chi connectivity index (χ3v) is 7.43. The van der Waals surface area contributed by atoms with Crippen LogP contribution in [0.3, 0.4) is 0 Å². The average Bonchev–Trinajstić information content (AvgIpc) is 3.19. The van der Waals surface area contributed by atoms with Crippen LogP contribution in [0, 0.1) is 12.8 Å². The van der Waals surface area contributed by atoms with Crippen molar-refractivity contribution >= 4 is 38.6 Å². The standard InChI is InChI=1S/C22H22N2O4S2/c1-15-3-2-4-18(9-15)23-22(25)24-21-10-19(30(26,27)14-16-11-28-12-16)5-6-20(21)17-7-8-29-13-17/h2-10,13,16H,11-12,14H2,1H3,(H2,23,24,25). The lowest BCUT2D eigenvalue weighted by Crippen LogP contribution is -2.33.